The second kappa shape index (κ2) is 5.60. The van der Waals surface area contributed by atoms with Crippen molar-refractivity contribution in [3.8, 4) is 0 Å². The fourth-order valence-corrected chi connectivity index (χ4v) is 6.92. The molecule has 0 aromatic rings. The first-order valence-corrected chi connectivity index (χ1v) is 9.66. The van der Waals surface area contributed by atoms with E-state index in [0.717, 1.165) is 24.8 Å². The molecule has 3 saturated carbocycles. The first kappa shape index (κ1) is 18.1. The summed E-state index contributed by atoms with van der Waals surface area (Å²) in [6.45, 7) is 3.34. The normalized spacial score (nSPS) is 49.9. The molecule has 3 fully saturated rings. The number of hydrogen-bond acceptors (Lipinski definition) is 5. The van der Waals surface area contributed by atoms with Gasteiger partial charge in [0.2, 0.25) is 0 Å². The Morgan fingerprint density at radius 1 is 1.31 bits per heavy atom. The summed E-state index contributed by atoms with van der Waals surface area (Å²) in [4.78, 5) is 24.2. The zero-order valence-corrected chi connectivity index (χ0v) is 15.4. The zero-order chi connectivity index (χ0) is 18.9. The summed E-state index contributed by atoms with van der Waals surface area (Å²) < 4.78 is 0. The van der Waals surface area contributed by atoms with Crippen molar-refractivity contribution in [2.24, 2.45) is 28.6 Å². The molecule has 4 aliphatic carbocycles. The molecular weight excluding hydrogens is 332 g/mol. The summed E-state index contributed by atoms with van der Waals surface area (Å²) in [5, 5.41) is 31.7. The molecule has 0 aromatic carbocycles. The highest BCUT2D eigenvalue weighted by Gasteiger charge is 2.67. The molecule has 0 aromatic heterocycles. The zero-order valence-electron chi connectivity index (χ0n) is 15.4. The molecule has 0 heterocycles. The lowest BCUT2D eigenvalue weighted by atomic mass is 9.46. The summed E-state index contributed by atoms with van der Waals surface area (Å²) >= 11 is 0. The Kier molecular flexibility index (Phi) is 3.89. The third-order valence-electron chi connectivity index (χ3n) is 8.25. The Morgan fingerprint density at radius 2 is 2.04 bits per heavy atom. The van der Waals surface area contributed by atoms with E-state index in [2.05, 4.69) is 6.92 Å². The maximum atomic E-state index is 12.4. The van der Waals surface area contributed by atoms with Gasteiger partial charge in [-0.05, 0) is 56.1 Å². The molecule has 3 N–H and O–H groups in total. The summed E-state index contributed by atoms with van der Waals surface area (Å²) in [5.74, 6) is -0.227. The maximum absolute atomic E-state index is 12.4. The van der Waals surface area contributed by atoms with Crippen molar-refractivity contribution in [1.82, 2.24) is 0 Å². The summed E-state index contributed by atoms with van der Waals surface area (Å²) in [6, 6.07) is 0. The summed E-state index contributed by atoms with van der Waals surface area (Å²) in [7, 11) is 0. The highest BCUT2D eigenvalue weighted by Crippen LogP contribution is 2.67. The van der Waals surface area contributed by atoms with Gasteiger partial charge in [-0.3, -0.25) is 9.59 Å². The Labute approximate surface area is 153 Å². The van der Waals surface area contributed by atoms with Crippen molar-refractivity contribution in [2.45, 2.75) is 57.7 Å². The lowest BCUT2D eigenvalue weighted by Gasteiger charge is -2.59. The standard InChI is InChI=1S/C21H28O5/c1-19-7-5-13(23)9-12(19)3-4-14-15-6-8-21(26,17(25)11-22)20(15,2)10-16(24)18(14)19/h5,7,9,14-16,18,22,24,26H,3-4,6,8,10-11H2,1-2H3/t14?,15-,16?,18+,19?,20?,21?/m0/s1. The third-order valence-corrected chi connectivity index (χ3v) is 8.25. The molecule has 0 saturated heterocycles. The van der Waals surface area contributed by atoms with Crippen LogP contribution in [0.1, 0.15) is 46.0 Å². The highest BCUT2D eigenvalue weighted by atomic mass is 16.3. The van der Waals surface area contributed by atoms with Crippen LogP contribution in [0.5, 0.6) is 0 Å². The number of aliphatic hydroxyl groups excluding tert-OH is 2. The van der Waals surface area contributed by atoms with Gasteiger partial charge >= 0.3 is 0 Å². The molecular formula is C21H28O5. The van der Waals surface area contributed by atoms with E-state index < -0.39 is 29.5 Å². The maximum Gasteiger partial charge on any atom is 0.190 e. The van der Waals surface area contributed by atoms with Gasteiger partial charge < -0.3 is 15.3 Å². The van der Waals surface area contributed by atoms with Gasteiger partial charge in [0, 0.05) is 16.7 Å². The Bertz CT molecular complexity index is 724. The van der Waals surface area contributed by atoms with E-state index in [1.54, 1.807) is 12.2 Å². The van der Waals surface area contributed by atoms with E-state index in [4.69, 9.17) is 0 Å². The number of carbonyl (C=O) groups is 2. The van der Waals surface area contributed by atoms with E-state index in [1.807, 2.05) is 13.0 Å². The fraction of sp³-hybridized carbons (Fsp3) is 0.714. The number of carbonyl (C=O) groups excluding carboxylic acids is 2. The number of rotatable bonds is 2. The number of ketones is 2. The molecule has 4 aliphatic rings. The molecule has 5 nitrogen and oxygen atoms in total. The van der Waals surface area contributed by atoms with Crippen molar-refractivity contribution in [3.63, 3.8) is 0 Å². The molecule has 0 aliphatic heterocycles. The average molecular weight is 360 g/mol. The van der Waals surface area contributed by atoms with Crippen LogP contribution in [0.15, 0.2) is 23.8 Å². The van der Waals surface area contributed by atoms with Gasteiger partial charge in [0.15, 0.2) is 11.6 Å². The van der Waals surface area contributed by atoms with Crippen LogP contribution >= 0.6 is 0 Å². The molecule has 0 bridgehead atoms. The molecule has 142 valence electrons. The molecule has 4 rings (SSSR count). The molecule has 5 unspecified atom stereocenters. The minimum absolute atomic E-state index is 0.00912. The van der Waals surface area contributed by atoms with Crippen LogP contribution in [0.3, 0.4) is 0 Å². The van der Waals surface area contributed by atoms with Crippen molar-refractivity contribution in [3.05, 3.63) is 23.8 Å². The van der Waals surface area contributed by atoms with Gasteiger partial charge in [0.1, 0.15) is 12.2 Å². The third kappa shape index (κ3) is 2.08. The van der Waals surface area contributed by atoms with Crippen LogP contribution in [0, 0.1) is 28.6 Å². The predicted molar refractivity (Wildman–Crippen MR) is 95.0 cm³/mol. The molecule has 26 heavy (non-hydrogen) atoms. The van der Waals surface area contributed by atoms with Crippen LogP contribution in [-0.4, -0.2) is 45.2 Å². The van der Waals surface area contributed by atoms with Gasteiger partial charge in [-0.2, -0.15) is 0 Å². The summed E-state index contributed by atoms with van der Waals surface area (Å²) in [6.07, 6.45) is 7.68. The molecule has 5 heteroatoms. The minimum Gasteiger partial charge on any atom is -0.393 e. The smallest absolute Gasteiger partial charge is 0.190 e. The van der Waals surface area contributed by atoms with E-state index in [-0.39, 0.29) is 29.0 Å². The van der Waals surface area contributed by atoms with E-state index in [9.17, 15) is 24.9 Å². The first-order valence-electron chi connectivity index (χ1n) is 9.66. The van der Waals surface area contributed by atoms with Gasteiger partial charge in [0.05, 0.1) is 6.10 Å². The first-order chi connectivity index (χ1) is 12.2. The van der Waals surface area contributed by atoms with Crippen molar-refractivity contribution >= 4 is 11.6 Å². The van der Waals surface area contributed by atoms with Crippen LogP contribution in [0.2, 0.25) is 0 Å². The number of aliphatic hydroxyl groups is 3. The van der Waals surface area contributed by atoms with Crippen LogP contribution in [0.4, 0.5) is 0 Å². The molecule has 0 amide bonds. The lowest BCUT2D eigenvalue weighted by Crippen LogP contribution is -2.61. The molecule has 7 atom stereocenters. The Hall–Kier alpha value is -1.30. The minimum atomic E-state index is -1.56. The number of allylic oxidation sites excluding steroid dienone is 4. The number of hydrogen-bond donors (Lipinski definition) is 3. The second-order valence-electron chi connectivity index (χ2n) is 9.19. The van der Waals surface area contributed by atoms with Gasteiger partial charge in [0.25, 0.3) is 0 Å². The summed E-state index contributed by atoms with van der Waals surface area (Å²) in [5.41, 5.74) is -1.54. The van der Waals surface area contributed by atoms with E-state index >= 15 is 0 Å². The largest absolute Gasteiger partial charge is 0.393 e. The molecule has 0 spiro atoms. The monoisotopic (exact) mass is 360 g/mol. The second-order valence-corrected chi connectivity index (χ2v) is 9.19. The quantitative estimate of drug-likeness (QED) is 0.695. The van der Waals surface area contributed by atoms with Crippen molar-refractivity contribution in [1.29, 1.82) is 0 Å². The van der Waals surface area contributed by atoms with Crippen LogP contribution in [0.25, 0.3) is 0 Å². The topological polar surface area (TPSA) is 94.8 Å². The van der Waals surface area contributed by atoms with Crippen LogP contribution in [-0.2, 0) is 9.59 Å². The fourth-order valence-electron chi connectivity index (χ4n) is 6.92. The number of fused-ring (bicyclic) bond motifs is 5. The van der Waals surface area contributed by atoms with Gasteiger partial charge in [-0.25, -0.2) is 0 Å². The van der Waals surface area contributed by atoms with Crippen molar-refractivity contribution < 1.29 is 24.9 Å². The van der Waals surface area contributed by atoms with Crippen molar-refractivity contribution in [2.75, 3.05) is 6.61 Å². The van der Waals surface area contributed by atoms with Gasteiger partial charge in [-0.1, -0.05) is 25.5 Å². The highest BCUT2D eigenvalue weighted by molar-refractivity contribution is 6.01. The average Bonchev–Trinajstić information content (AvgIpc) is 2.86. The van der Waals surface area contributed by atoms with Crippen LogP contribution < -0.4 is 0 Å². The molecule has 0 radical (unpaired) electrons. The van der Waals surface area contributed by atoms with E-state index in [0.29, 0.717) is 12.8 Å². The SMILES string of the molecule is CC12C=CC(=O)C=C1CCC1[C@@H]2C(O)CC2(C)[C@H]1CCC2(O)C(=O)CO. The lowest BCUT2D eigenvalue weighted by molar-refractivity contribution is -0.178. The number of Topliss-reactive ketones (excluding diaryl/α,β-unsaturated/α-hetero) is 1. The Morgan fingerprint density at radius 3 is 2.73 bits per heavy atom. The van der Waals surface area contributed by atoms with Gasteiger partial charge in [-0.15, -0.1) is 0 Å². The predicted octanol–water partition coefficient (Wildman–Crippen LogP) is 1.56. The Balaban J connectivity index is 1.75. The van der Waals surface area contributed by atoms with E-state index in [1.165, 1.54) is 0 Å².